The molecule has 0 heterocycles. The monoisotopic (exact) mass is 218 g/mol. The molecule has 0 aromatic rings. The number of hydrogen-bond acceptors (Lipinski definition) is 4. The molecule has 0 aliphatic rings. The van der Waals surface area contributed by atoms with Gasteiger partial charge in [0.1, 0.15) is 0 Å². The van der Waals surface area contributed by atoms with Gasteiger partial charge in [-0.15, -0.1) is 0 Å². The Hall–Kier alpha value is -0.650. The van der Waals surface area contributed by atoms with Crippen LogP contribution < -0.4 is 11.1 Å². The largest absolute Gasteiger partial charge is 0.383 e. The Morgan fingerprint density at radius 3 is 2.80 bits per heavy atom. The smallest absolute Gasteiger partial charge is 0.220 e. The number of ether oxygens (including phenoxy) is 2. The molecular formula is C10H22N2O3. The molecule has 0 fully saturated rings. The highest BCUT2D eigenvalue weighted by Gasteiger charge is 2.09. The minimum absolute atomic E-state index is 0.00204. The Morgan fingerprint density at radius 1 is 1.53 bits per heavy atom. The molecule has 0 aliphatic carbocycles. The van der Waals surface area contributed by atoms with Crippen LogP contribution in [0.2, 0.25) is 0 Å². The summed E-state index contributed by atoms with van der Waals surface area (Å²) in [7, 11) is 1.59. The summed E-state index contributed by atoms with van der Waals surface area (Å²) in [6.07, 6.45) is 1.21. The van der Waals surface area contributed by atoms with E-state index >= 15 is 0 Å². The van der Waals surface area contributed by atoms with Gasteiger partial charge in [-0.3, -0.25) is 4.79 Å². The van der Waals surface area contributed by atoms with Gasteiger partial charge in [-0.05, 0) is 13.3 Å². The Balaban J connectivity index is 3.52. The van der Waals surface area contributed by atoms with Crippen molar-refractivity contribution >= 4 is 5.91 Å². The average Bonchev–Trinajstić information content (AvgIpc) is 2.24. The highest BCUT2D eigenvalue weighted by atomic mass is 16.5. The SMILES string of the molecule is CCOCCCC(=O)NC(CN)COC. The highest BCUT2D eigenvalue weighted by Crippen LogP contribution is 1.92. The van der Waals surface area contributed by atoms with E-state index in [0.29, 0.717) is 32.8 Å². The van der Waals surface area contributed by atoms with E-state index in [-0.39, 0.29) is 11.9 Å². The molecule has 5 nitrogen and oxygen atoms in total. The van der Waals surface area contributed by atoms with Gasteiger partial charge in [0.15, 0.2) is 0 Å². The van der Waals surface area contributed by atoms with Crippen molar-refractivity contribution in [2.75, 3.05) is 33.5 Å². The van der Waals surface area contributed by atoms with Crippen molar-refractivity contribution in [2.24, 2.45) is 5.73 Å². The molecule has 0 rings (SSSR count). The third-order valence-corrected chi connectivity index (χ3v) is 1.91. The van der Waals surface area contributed by atoms with Crippen LogP contribution in [-0.4, -0.2) is 45.4 Å². The molecule has 0 aliphatic heterocycles. The number of nitrogens with one attached hydrogen (secondary N) is 1. The van der Waals surface area contributed by atoms with Gasteiger partial charge in [-0.1, -0.05) is 0 Å². The third-order valence-electron chi connectivity index (χ3n) is 1.91. The molecule has 3 N–H and O–H groups in total. The van der Waals surface area contributed by atoms with E-state index in [4.69, 9.17) is 15.2 Å². The fourth-order valence-corrected chi connectivity index (χ4v) is 1.15. The first kappa shape index (κ1) is 14.3. The molecule has 0 spiro atoms. The molecule has 0 saturated heterocycles. The van der Waals surface area contributed by atoms with Crippen molar-refractivity contribution in [1.82, 2.24) is 5.32 Å². The molecule has 5 heteroatoms. The van der Waals surface area contributed by atoms with E-state index in [0.717, 1.165) is 6.42 Å². The number of nitrogens with two attached hydrogens (primary N) is 1. The summed E-state index contributed by atoms with van der Waals surface area (Å²) < 4.78 is 10.1. The summed E-state index contributed by atoms with van der Waals surface area (Å²) in [5, 5.41) is 2.80. The Morgan fingerprint density at radius 2 is 2.27 bits per heavy atom. The van der Waals surface area contributed by atoms with Crippen LogP contribution in [0, 0.1) is 0 Å². The second-order valence-corrected chi connectivity index (χ2v) is 3.26. The average molecular weight is 218 g/mol. The van der Waals surface area contributed by atoms with Crippen molar-refractivity contribution in [1.29, 1.82) is 0 Å². The number of hydrogen-bond donors (Lipinski definition) is 2. The van der Waals surface area contributed by atoms with Gasteiger partial charge >= 0.3 is 0 Å². The molecular weight excluding hydrogens is 196 g/mol. The molecule has 0 bridgehead atoms. The topological polar surface area (TPSA) is 73.6 Å². The minimum Gasteiger partial charge on any atom is -0.383 e. The lowest BCUT2D eigenvalue weighted by molar-refractivity contribution is -0.122. The van der Waals surface area contributed by atoms with E-state index in [1.54, 1.807) is 7.11 Å². The third kappa shape index (κ3) is 8.35. The maximum Gasteiger partial charge on any atom is 0.220 e. The van der Waals surface area contributed by atoms with Crippen molar-refractivity contribution in [3.8, 4) is 0 Å². The maximum atomic E-state index is 11.4. The zero-order valence-electron chi connectivity index (χ0n) is 9.62. The first-order valence-electron chi connectivity index (χ1n) is 5.30. The van der Waals surface area contributed by atoms with Crippen molar-refractivity contribution < 1.29 is 14.3 Å². The Kier molecular flexibility index (Phi) is 9.46. The fourth-order valence-electron chi connectivity index (χ4n) is 1.15. The van der Waals surface area contributed by atoms with E-state index in [1.165, 1.54) is 0 Å². The fraction of sp³-hybridized carbons (Fsp3) is 0.900. The summed E-state index contributed by atoms with van der Waals surface area (Å²) in [4.78, 5) is 11.4. The van der Waals surface area contributed by atoms with Crippen LogP contribution in [0.5, 0.6) is 0 Å². The van der Waals surface area contributed by atoms with Gasteiger partial charge in [-0.25, -0.2) is 0 Å². The summed E-state index contributed by atoms with van der Waals surface area (Å²) in [6, 6.07) is -0.0883. The summed E-state index contributed by atoms with van der Waals surface area (Å²) in [5.41, 5.74) is 5.46. The van der Waals surface area contributed by atoms with Gasteiger partial charge < -0.3 is 20.5 Å². The van der Waals surface area contributed by atoms with Crippen LogP contribution in [0.3, 0.4) is 0 Å². The predicted molar refractivity (Wildman–Crippen MR) is 58.6 cm³/mol. The van der Waals surface area contributed by atoms with Gasteiger partial charge in [0.25, 0.3) is 0 Å². The summed E-state index contributed by atoms with van der Waals surface area (Å²) in [6.45, 7) is 4.10. The normalized spacial score (nSPS) is 12.5. The second kappa shape index (κ2) is 9.89. The number of carbonyl (C=O) groups excluding carboxylic acids is 1. The molecule has 0 saturated carbocycles. The molecule has 0 aromatic carbocycles. The number of methoxy groups -OCH3 is 1. The van der Waals surface area contributed by atoms with Crippen LogP contribution in [0.1, 0.15) is 19.8 Å². The molecule has 90 valence electrons. The molecule has 1 unspecified atom stereocenters. The van der Waals surface area contributed by atoms with Crippen LogP contribution in [-0.2, 0) is 14.3 Å². The van der Waals surface area contributed by atoms with Crippen LogP contribution in [0.15, 0.2) is 0 Å². The number of rotatable bonds is 9. The van der Waals surface area contributed by atoms with E-state index < -0.39 is 0 Å². The summed E-state index contributed by atoms with van der Waals surface area (Å²) in [5.74, 6) is 0.00204. The molecule has 1 amide bonds. The zero-order chi connectivity index (χ0) is 11.5. The lowest BCUT2D eigenvalue weighted by Gasteiger charge is -2.15. The standard InChI is InChI=1S/C10H22N2O3/c1-3-15-6-4-5-10(13)12-9(7-11)8-14-2/h9H,3-8,11H2,1-2H3,(H,12,13). The predicted octanol–water partition coefficient (Wildman–Crippen LogP) is -0.107. The van der Waals surface area contributed by atoms with Crippen LogP contribution in [0.25, 0.3) is 0 Å². The van der Waals surface area contributed by atoms with E-state index in [2.05, 4.69) is 5.32 Å². The van der Waals surface area contributed by atoms with Crippen LogP contribution in [0.4, 0.5) is 0 Å². The Labute approximate surface area is 91.3 Å². The lowest BCUT2D eigenvalue weighted by atomic mass is 10.2. The van der Waals surface area contributed by atoms with Crippen molar-refractivity contribution in [3.63, 3.8) is 0 Å². The first-order chi connectivity index (χ1) is 7.24. The molecule has 1 atom stereocenters. The Bertz CT molecular complexity index is 165. The number of amides is 1. The molecule has 15 heavy (non-hydrogen) atoms. The van der Waals surface area contributed by atoms with Crippen molar-refractivity contribution in [3.05, 3.63) is 0 Å². The quantitative estimate of drug-likeness (QED) is 0.530. The lowest BCUT2D eigenvalue weighted by Crippen LogP contribution is -2.43. The highest BCUT2D eigenvalue weighted by molar-refractivity contribution is 5.76. The van der Waals surface area contributed by atoms with Gasteiger partial charge in [0, 0.05) is 33.3 Å². The maximum absolute atomic E-state index is 11.4. The number of carbonyl (C=O) groups is 1. The minimum atomic E-state index is -0.0883. The molecule has 0 aromatic heterocycles. The van der Waals surface area contributed by atoms with Crippen molar-refractivity contribution in [2.45, 2.75) is 25.8 Å². The molecule has 0 radical (unpaired) electrons. The van der Waals surface area contributed by atoms with E-state index in [9.17, 15) is 4.79 Å². The van der Waals surface area contributed by atoms with E-state index in [1.807, 2.05) is 6.92 Å². The van der Waals surface area contributed by atoms with Gasteiger partial charge in [-0.2, -0.15) is 0 Å². The van der Waals surface area contributed by atoms with Gasteiger partial charge in [0.2, 0.25) is 5.91 Å². The first-order valence-corrected chi connectivity index (χ1v) is 5.30. The second-order valence-electron chi connectivity index (χ2n) is 3.26. The van der Waals surface area contributed by atoms with Gasteiger partial charge in [0.05, 0.1) is 12.6 Å². The zero-order valence-corrected chi connectivity index (χ0v) is 9.62. The van der Waals surface area contributed by atoms with Crippen LogP contribution >= 0.6 is 0 Å². The summed E-state index contributed by atoms with van der Waals surface area (Å²) >= 11 is 0.